The number of hydrogen-bond acceptors (Lipinski definition) is 2. The normalized spacial score (nSPS) is 40.7. The van der Waals surface area contributed by atoms with Crippen molar-refractivity contribution in [3.63, 3.8) is 0 Å². The molecule has 3 heteroatoms. The second-order valence-electron chi connectivity index (χ2n) is 6.27. The van der Waals surface area contributed by atoms with E-state index in [1.807, 2.05) is 0 Å². The summed E-state index contributed by atoms with van der Waals surface area (Å²) < 4.78 is 0. The summed E-state index contributed by atoms with van der Waals surface area (Å²) in [4.78, 5) is 12.3. The Kier molecular flexibility index (Phi) is 4.66. The molecule has 0 heterocycles. The Morgan fingerprint density at radius 2 is 1.94 bits per heavy atom. The molecule has 5 atom stereocenters. The first-order chi connectivity index (χ1) is 8.63. The van der Waals surface area contributed by atoms with E-state index in [-0.39, 0.29) is 17.9 Å². The maximum Gasteiger partial charge on any atom is 0.224 e. The van der Waals surface area contributed by atoms with Crippen molar-refractivity contribution in [1.29, 1.82) is 0 Å². The zero-order valence-electron chi connectivity index (χ0n) is 11.8. The summed E-state index contributed by atoms with van der Waals surface area (Å²) in [6.45, 7) is 4.54. The van der Waals surface area contributed by atoms with E-state index in [0.717, 1.165) is 31.6 Å². The van der Waals surface area contributed by atoms with Gasteiger partial charge in [-0.15, -0.1) is 0 Å². The van der Waals surface area contributed by atoms with Crippen molar-refractivity contribution in [1.82, 2.24) is 5.32 Å². The highest BCUT2D eigenvalue weighted by Crippen LogP contribution is 2.34. The van der Waals surface area contributed by atoms with Gasteiger partial charge in [-0.1, -0.05) is 33.1 Å². The Hall–Kier alpha value is -0.570. The highest BCUT2D eigenvalue weighted by molar-refractivity contribution is 5.79. The minimum atomic E-state index is 0.0617. The molecule has 2 fully saturated rings. The first kappa shape index (κ1) is 13.9. The van der Waals surface area contributed by atoms with Gasteiger partial charge in [0.25, 0.3) is 0 Å². The predicted octanol–water partition coefficient (Wildman–Crippen LogP) is 2.44. The van der Waals surface area contributed by atoms with Gasteiger partial charge in [0.05, 0.1) is 5.92 Å². The second-order valence-corrected chi connectivity index (χ2v) is 6.27. The van der Waals surface area contributed by atoms with E-state index >= 15 is 0 Å². The van der Waals surface area contributed by atoms with Gasteiger partial charge in [-0.05, 0) is 37.5 Å². The molecule has 0 aromatic carbocycles. The van der Waals surface area contributed by atoms with Crippen LogP contribution in [0.4, 0.5) is 0 Å². The molecular formula is C15H28N2O. The van der Waals surface area contributed by atoms with Gasteiger partial charge >= 0.3 is 0 Å². The standard InChI is InChI=1S/C15H28N2O/c1-3-11-8-9-14(10(11)2)17-15(18)12-6-4-5-7-13(12)16/h10-14H,3-9,16H2,1-2H3,(H,17,18). The van der Waals surface area contributed by atoms with E-state index in [0.29, 0.717) is 12.0 Å². The van der Waals surface area contributed by atoms with Gasteiger partial charge in [0.15, 0.2) is 0 Å². The largest absolute Gasteiger partial charge is 0.353 e. The minimum absolute atomic E-state index is 0.0617. The Bertz CT molecular complexity index is 292. The first-order valence-corrected chi connectivity index (χ1v) is 7.69. The van der Waals surface area contributed by atoms with E-state index in [1.54, 1.807) is 0 Å². The first-order valence-electron chi connectivity index (χ1n) is 7.69. The maximum absolute atomic E-state index is 12.3. The zero-order chi connectivity index (χ0) is 13.1. The molecule has 2 aliphatic rings. The van der Waals surface area contributed by atoms with Gasteiger partial charge in [-0.3, -0.25) is 4.79 Å². The molecule has 0 saturated heterocycles. The molecule has 104 valence electrons. The quantitative estimate of drug-likeness (QED) is 0.810. The molecule has 2 saturated carbocycles. The van der Waals surface area contributed by atoms with Crippen LogP contribution in [0.3, 0.4) is 0 Å². The fourth-order valence-electron chi connectivity index (χ4n) is 3.80. The summed E-state index contributed by atoms with van der Waals surface area (Å²) in [5, 5.41) is 3.27. The van der Waals surface area contributed by atoms with E-state index in [4.69, 9.17) is 5.73 Å². The van der Waals surface area contributed by atoms with E-state index in [2.05, 4.69) is 19.2 Å². The van der Waals surface area contributed by atoms with Crippen LogP contribution >= 0.6 is 0 Å². The molecule has 1 amide bonds. The second kappa shape index (κ2) is 6.05. The van der Waals surface area contributed by atoms with Crippen LogP contribution in [0.25, 0.3) is 0 Å². The summed E-state index contributed by atoms with van der Waals surface area (Å²) in [6.07, 6.45) is 7.97. The third kappa shape index (κ3) is 2.87. The maximum atomic E-state index is 12.3. The molecule has 2 rings (SSSR count). The van der Waals surface area contributed by atoms with E-state index in [9.17, 15) is 4.79 Å². The lowest BCUT2D eigenvalue weighted by molar-refractivity contribution is -0.127. The monoisotopic (exact) mass is 252 g/mol. The molecule has 0 aromatic heterocycles. The third-order valence-corrected chi connectivity index (χ3v) is 5.23. The smallest absolute Gasteiger partial charge is 0.224 e. The number of carbonyl (C=O) groups is 1. The van der Waals surface area contributed by atoms with Crippen LogP contribution < -0.4 is 11.1 Å². The van der Waals surface area contributed by atoms with Crippen LogP contribution in [0, 0.1) is 17.8 Å². The number of nitrogens with one attached hydrogen (secondary N) is 1. The number of amides is 1. The topological polar surface area (TPSA) is 55.1 Å². The highest BCUT2D eigenvalue weighted by Gasteiger charge is 2.35. The molecule has 2 aliphatic carbocycles. The lowest BCUT2D eigenvalue weighted by Gasteiger charge is -2.30. The van der Waals surface area contributed by atoms with Crippen molar-refractivity contribution in [3.8, 4) is 0 Å². The molecule has 3 nitrogen and oxygen atoms in total. The Morgan fingerprint density at radius 1 is 1.22 bits per heavy atom. The summed E-state index contributed by atoms with van der Waals surface area (Å²) in [6, 6.07) is 0.467. The predicted molar refractivity (Wildman–Crippen MR) is 74.0 cm³/mol. The van der Waals surface area contributed by atoms with Crippen LogP contribution in [0.1, 0.15) is 58.8 Å². The third-order valence-electron chi connectivity index (χ3n) is 5.23. The average molecular weight is 252 g/mol. The fraction of sp³-hybridized carbons (Fsp3) is 0.933. The lowest BCUT2D eigenvalue weighted by atomic mass is 9.84. The van der Waals surface area contributed by atoms with Crippen molar-refractivity contribution >= 4 is 5.91 Å². The number of nitrogens with two attached hydrogens (primary N) is 1. The zero-order valence-corrected chi connectivity index (χ0v) is 11.8. The van der Waals surface area contributed by atoms with Gasteiger partial charge in [0, 0.05) is 12.1 Å². The van der Waals surface area contributed by atoms with Crippen molar-refractivity contribution in [3.05, 3.63) is 0 Å². The molecule has 0 radical (unpaired) electrons. The average Bonchev–Trinajstić information content (AvgIpc) is 2.71. The lowest BCUT2D eigenvalue weighted by Crippen LogP contribution is -2.47. The van der Waals surface area contributed by atoms with Crippen LogP contribution in [-0.4, -0.2) is 18.0 Å². The molecule has 0 aliphatic heterocycles. The summed E-state index contributed by atoms with van der Waals surface area (Å²) in [5.41, 5.74) is 6.08. The Labute approximate surface area is 111 Å². The van der Waals surface area contributed by atoms with Crippen LogP contribution in [-0.2, 0) is 4.79 Å². The van der Waals surface area contributed by atoms with Crippen molar-refractivity contribution in [2.24, 2.45) is 23.5 Å². The number of carbonyl (C=O) groups excluding carboxylic acids is 1. The van der Waals surface area contributed by atoms with Crippen molar-refractivity contribution < 1.29 is 4.79 Å². The minimum Gasteiger partial charge on any atom is -0.353 e. The van der Waals surface area contributed by atoms with Crippen LogP contribution in [0.5, 0.6) is 0 Å². The van der Waals surface area contributed by atoms with Crippen LogP contribution in [0.15, 0.2) is 0 Å². The SMILES string of the molecule is CCC1CCC(NC(=O)C2CCCCC2N)C1C. The summed E-state index contributed by atoms with van der Waals surface area (Å²) in [7, 11) is 0. The molecule has 0 bridgehead atoms. The van der Waals surface area contributed by atoms with E-state index < -0.39 is 0 Å². The van der Waals surface area contributed by atoms with Crippen molar-refractivity contribution in [2.75, 3.05) is 0 Å². The van der Waals surface area contributed by atoms with Gasteiger partial charge < -0.3 is 11.1 Å². The molecule has 18 heavy (non-hydrogen) atoms. The molecule has 5 unspecified atom stereocenters. The highest BCUT2D eigenvalue weighted by atomic mass is 16.2. The van der Waals surface area contributed by atoms with E-state index in [1.165, 1.54) is 19.3 Å². The van der Waals surface area contributed by atoms with Gasteiger partial charge in [0.1, 0.15) is 0 Å². The molecule has 0 aromatic rings. The van der Waals surface area contributed by atoms with Gasteiger partial charge in [0.2, 0.25) is 5.91 Å². The Morgan fingerprint density at radius 3 is 2.56 bits per heavy atom. The summed E-state index contributed by atoms with van der Waals surface area (Å²) >= 11 is 0. The Balaban J connectivity index is 1.87. The summed E-state index contributed by atoms with van der Waals surface area (Å²) in [5.74, 6) is 1.69. The number of rotatable bonds is 3. The number of hydrogen-bond donors (Lipinski definition) is 2. The van der Waals surface area contributed by atoms with Crippen LogP contribution in [0.2, 0.25) is 0 Å². The molecular weight excluding hydrogens is 224 g/mol. The van der Waals surface area contributed by atoms with Crippen molar-refractivity contribution in [2.45, 2.75) is 70.9 Å². The van der Waals surface area contributed by atoms with Gasteiger partial charge in [-0.25, -0.2) is 0 Å². The fourth-order valence-corrected chi connectivity index (χ4v) is 3.80. The molecule has 3 N–H and O–H groups in total. The molecule has 0 spiro atoms. The van der Waals surface area contributed by atoms with Gasteiger partial charge in [-0.2, -0.15) is 0 Å².